The Hall–Kier alpha value is -3.48. The third-order valence-corrected chi connectivity index (χ3v) is 5.50. The van der Waals surface area contributed by atoms with E-state index in [1.165, 1.54) is 16.7 Å². The summed E-state index contributed by atoms with van der Waals surface area (Å²) in [5.74, 6) is 0.370. The van der Waals surface area contributed by atoms with Gasteiger partial charge in [-0.05, 0) is 62.4 Å². The highest BCUT2D eigenvalue weighted by atomic mass is 19.1. The number of oxime groups is 1. The van der Waals surface area contributed by atoms with Crippen molar-refractivity contribution in [2.75, 3.05) is 6.61 Å². The summed E-state index contributed by atoms with van der Waals surface area (Å²) in [5, 5.41) is 15.9. The van der Waals surface area contributed by atoms with Gasteiger partial charge in [0.15, 0.2) is 17.4 Å². The summed E-state index contributed by atoms with van der Waals surface area (Å²) in [5.41, 5.74) is 5.57. The van der Waals surface area contributed by atoms with Crippen LogP contribution in [0, 0.1) is 26.6 Å². The first-order valence-electron chi connectivity index (χ1n) is 10.8. The van der Waals surface area contributed by atoms with Crippen LogP contribution in [0.3, 0.4) is 0 Å². The first-order chi connectivity index (χ1) is 15.4. The second-order valence-corrected chi connectivity index (χ2v) is 8.10. The Kier molecular flexibility index (Phi) is 6.35. The van der Waals surface area contributed by atoms with Gasteiger partial charge in [-0.2, -0.15) is 5.10 Å². The summed E-state index contributed by atoms with van der Waals surface area (Å²) in [4.78, 5) is 5.54. The number of amidine groups is 1. The molecule has 32 heavy (non-hydrogen) atoms. The fraction of sp³-hybridized carbons (Fsp3) is 0.320. The predicted octanol–water partition coefficient (Wildman–Crippen LogP) is 4.79. The zero-order valence-corrected chi connectivity index (χ0v) is 18.8. The van der Waals surface area contributed by atoms with Crippen molar-refractivity contribution < 1.29 is 14.0 Å². The monoisotopic (exact) mass is 434 g/mol. The highest BCUT2D eigenvalue weighted by Crippen LogP contribution is 2.28. The van der Waals surface area contributed by atoms with E-state index >= 15 is 0 Å². The summed E-state index contributed by atoms with van der Waals surface area (Å²) >= 11 is 0. The number of benzene rings is 2. The standard InChI is InChI=1S/C25H27FN4O2/c1-5-18-7-6-8-22(23(18)26)32-25-21(12-17(4)28-29-25)24-27-20(14-31-30-24)13-19-10-9-15(2)11-16(19)3/h6-12,20H,5,13-14H2,1-4H3,(H,27,30)/t20-/m1/s1. The van der Waals surface area contributed by atoms with E-state index in [1.54, 1.807) is 24.3 Å². The molecule has 166 valence electrons. The molecule has 0 bridgehead atoms. The molecular formula is C25H27FN4O2. The molecular weight excluding hydrogens is 407 g/mol. The van der Waals surface area contributed by atoms with E-state index in [1.807, 2.05) is 13.8 Å². The number of ether oxygens (including phenoxy) is 1. The van der Waals surface area contributed by atoms with Crippen molar-refractivity contribution in [2.24, 2.45) is 5.16 Å². The molecule has 1 N–H and O–H groups in total. The van der Waals surface area contributed by atoms with Gasteiger partial charge in [-0.25, -0.2) is 4.39 Å². The van der Waals surface area contributed by atoms with Gasteiger partial charge in [0, 0.05) is 0 Å². The minimum Gasteiger partial charge on any atom is -0.434 e. The van der Waals surface area contributed by atoms with E-state index in [0.29, 0.717) is 35.7 Å². The number of hydrogen-bond acceptors (Lipinski definition) is 6. The SMILES string of the molecule is CCc1cccc(Oc2nnc(C)cc2C2=NOC[C@@H](Cc3ccc(C)cc3C)N2)c1F. The van der Waals surface area contributed by atoms with Crippen LogP contribution in [0.5, 0.6) is 11.6 Å². The van der Waals surface area contributed by atoms with E-state index in [4.69, 9.17) is 9.57 Å². The number of halogens is 1. The van der Waals surface area contributed by atoms with E-state index in [0.717, 1.165) is 6.42 Å². The van der Waals surface area contributed by atoms with Crippen LogP contribution < -0.4 is 10.1 Å². The largest absolute Gasteiger partial charge is 0.434 e. The average Bonchev–Trinajstić information content (AvgIpc) is 2.78. The number of rotatable bonds is 6. The molecule has 0 aliphatic carbocycles. The van der Waals surface area contributed by atoms with Crippen LogP contribution in [0.1, 0.15) is 40.4 Å². The lowest BCUT2D eigenvalue weighted by atomic mass is 9.99. The summed E-state index contributed by atoms with van der Waals surface area (Å²) in [6.45, 7) is 8.37. The molecule has 2 heterocycles. The lowest BCUT2D eigenvalue weighted by Crippen LogP contribution is -2.43. The van der Waals surface area contributed by atoms with Gasteiger partial charge >= 0.3 is 0 Å². The Bertz CT molecular complexity index is 1160. The molecule has 1 aliphatic rings. The number of hydrogen-bond donors (Lipinski definition) is 1. The quantitative estimate of drug-likeness (QED) is 0.604. The molecule has 7 heteroatoms. The Balaban J connectivity index is 1.59. The molecule has 2 aromatic carbocycles. The normalized spacial score (nSPS) is 15.5. The maximum atomic E-state index is 14.7. The number of aromatic nitrogens is 2. The predicted molar refractivity (Wildman–Crippen MR) is 122 cm³/mol. The van der Waals surface area contributed by atoms with Gasteiger partial charge < -0.3 is 14.9 Å². The molecule has 0 fully saturated rings. The maximum Gasteiger partial charge on any atom is 0.250 e. The van der Waals surface area contributed by atoms with Crippen LogP contribution in [0.25, 0.3) is 0 Å². The topological polar surface area (TPSA) is 68.6 Å². The van der Waals surface area contributed by atoms with Crippen LogP contribution >= 0.6 is 0 Å². The minimum absolute atomic E-state index is 0.0189. The summed E-state index contributed by atoms with van der Waals surface area (Å²) in [6.07, 6.45) is 1.35. The first kappa shape index (κ1) is 21.7. The first-order valence-corrected chi connectivity index (χ1v) is 10.8. The van der Waals surface area contributed by atoms with Crippen molar-refractivity contribution in [2.45, 2.75) is 46.6 Å². The Labute approximate surface area is 187 Å². The number of nitrogens with zero attached hydrogens (tertiary/aromatic N) is 3. The van der Waals surface area contributed by atoms with Gasteiger partial charge in [-0.3, -0.25) is 0 Å². The summed E-state index contributed by atoms with van der Waals surface area (Å²) in [7, 11) is 0. The zero-order chi connectivity index (χ0) is 22.7. The Morgan fingerprint density at radius 1 is 1.09 bits per heavy atom. The molecule has 1 aliphatic heterocycles. The lowest BCUT2D eigenvalue weighted by molar-refractivity contribution is 0.109. The maximum absolute atomic E-state index is 14.7. The molecule has 1 aromatic heterocycles. The molecule has 0 radical (unpaired) electrons. The second-order valence-electron chi connectivity index (χ2n) is 8.10. The smallest absolute Gasteiger partial charge is 0.250 e. The van der Waals surface area contributed by atoms with Gasteiger partial charge in [0.1, 0.15) is 6.61 Å². The van der Waals surface area contributed by atoms with Crippen molar-refractivity contribution in [3.05, 3.63) is 81.8 Å². The summed E-state index contributed by atoms with van der Waals surface area (Å²) < 4.78 is 20.6. The van der Waals surface area contributed by atoms with Crippen molar-refractivity contribution in [1.29, 1.82) is 0 Å². The molecule has 3 aromatic rings. The fourth-order valence-corrected chi connectivity index (χ4v) is 3.77. The fourth-order valence-electron chi connectivity index (χ4n) is 3.77. The molecule has 0 saturated carbocycles. The highest BCUT2D eigenvalue weighted by molar-refractivity contribution is 6.00. The molecule has 0 spiro atoms. The van der Waals surface area contributed by atoms with Gasteiger partial charge in [0.25, 0.3) is 0 Å². The van der Waals surface area contributed by atoms with E-state index in [2.05, 4.69) is 52.7 Å². The number of aryl methyl sites for hydroxylation is 4. The van der Waals surface area contributed by atoms with Crippen LogP contribution in [0.15, 0.2) is 47.6 Å². The van der Waals surface area contributed by atoms with Gasteiger partial charge in [-0.15, -0.1) is 5.10 Å². The average molecular weight is 435 g/mol. The third kappa shape index (κ3) is 4.72. The van der Waals surface area contributed by atoms with Gasteiger partial charge in [0.05, 0.1) is 17.3 Å². The van der Waals surface area contributed by atoms with Crippen molar-refractivity contribution in [3.63, 3.8) is 0 Å². The highest BCUT2D eigenvalue weighted by Gasteiger charge is 2.24. The van der Waals surface area contributed by atoms with Crippen molar-refractivity contribution in [1.82, 2.24) is 15.5 Å². The molecule has 1 atom stereocenters. The Morgan fingerprint density at radius 2 is 1.94 bits per heavy atom. The van der Waals surface area contributed by atoms with Gasteiger partial charge in [0.2, 0.25) is 5.88 Å². The van der Waals surface area contributed by atoms with E-state index in [-0.39, 0.29) is 17.7 Å². The number of nitrogens with one attached hydrogen (secondary N) is 1. The molecule has 0 amide bonds. The minimum atomic E-state index is -0.397. The van der Waals surface area contributed by atoms with E-state index < -0.39 is 5.82 Å². The molecule has 6 nitrogen and oxygen atoms in total. The molecule has 0 saturated heterocycles. The van der Waals surface area contributed by atoms with Crippen LogP contribution in [0.4, 0.5) is 4.39 Å². The zero-order valence-electron chi connectivity index (χ0n) is 18.8. The molecule has 4 rings (SSSR count). The third-order valence-electron chi connectivity index (χ3n) is 5.50. The molecule has 0 unspecified atom stereocenters. The lowest BCUT2D eigenvalue weighted by Gasteiger charge is -2.25. The van der Waals surface area contributed by atoms with E-state index in [9.17, 15) is 4.39 Å². The van der Waals surface area contributed by atoms with Crippen LogP contribution in [0.2, 0.25) is 0 Å². The van der Waals surface area contributed by atoms with Crippen LogP contribution in [-0.2, 0) is 17.7 Å². The Morgan fingerprint density at radius 3 is 2.72 bits per heavy atom. The summed E-state index contributed by atoms with van der Waals surface area (Å²) in [6, 6.07) is 13.3. The van der Waals surface area contributed by atoms with Crippen molar-refractivity contribution >= 4 is 5.84 Å². The second kappa shape index (κ2) is 9.34. The van der Waals surface area contributed by atoms with Crippen molar-refractivity contribution in [3.8, 4) is 11.6 Å². The van der Waals surface area contributed by atoms with Gasteiger partial charge in [-0.1, -0.05) is 48.0 Å². The van der Waals surface area contributed by atoms with Crippen LogP contribution in [-0.4, -0.2) is 28.7 Å².